The molecule has 0 spiro atoms. The van der Waals surface area contributed by atoms with Gasteiger partial charge in [0.1, 0.15) is 15.8 Å². The van der Waals surface area contributed by atoms with Gasteiger partial charge in [0.15, 0.2) is 0 Å². The van der Waals surface area contributed by atoms with Crippen LogP contribution in [0.5, 0.6) is 0 Å². The van der Waals surface area contributed by atoms with Crippen molar-refractivity contribution < 1.29 is 9.90 Å². The molecule has 5 nitrogen and oxygen atoms in total. The topological polar surface area (TPSA) is 81.8 Å². The summed E-state index contributed by atoms with van der Waals surface area (Å²) in [4.78, 5) is 13.2. The lowest BCUT2D eigenvalue weighted by atomic mass is 10.4. The molecule has 2 rings (SSSR count). The molecule has 0 fully saturated rings. The van der Waals surface area contributed by atoms with Gasteiger partial charge in [0.2, 0.25) is 0 Å². The van der Waals surface area contributed by atoms with Crippen LogP contribution in [0.25, 0.3) is 11.0 Å². The van der Waals surface area contributed by atoms with E-state index in [-0.39, 0.29) is 5.69 Å². The molecule has 0 saturated heterocycles. The Labute approximate surface area is 74.9 Å². The van der Waals surface area contributed by atoms with Gasteiger partial charge in [0.05, 0.1) is 5.52 Å². The number of carbonyl (C=O) groups is 1. The summed E-state index contributed by atoms with van der Waals surface area (Å²) in [6.45, 7) is 0. The number of nitrogens with one attached hydrogen (secondary N) is 2. The molecule has 0 bridgehead atoms. The summed E-state index contributed by atoms with van der Waals surface area (Å²) >= 11 is 3.19. The maximum absolute atomic E-state index is 10.5. The Morgan fingerprint density at radius 2 is 2.42 bits per heavy atom. The molecule has 12 heavy (non-hydrogen) atoms. The van der Waals surface area contributed by atoms with Crippen LogP contribution in [0, 0.1) is 0 Å². The van der Waals surface area contributed by atoms with E-state index in [2.05, 4.69) is 31.1 Å². The number of hydrogen-bond acceptors (Lipinski definition) is 2. The van der Waals surface area contributed by atoms with E-state index in [0.29, 0.717) is 15.6 Å². The Bertz CT molecular complexity index is 445. The van der Waals surface area contributed by atoms with Gasteiger partial charge in [-0.25, -0.2) is 4.79 Å². The van der Waals surface area contributed by atoms with Crippen molar-refractivity contribution >= 4 is 32.9 Å². The number of H-pyrrole nitrogens is 2. The molecule has 0 aromatic carbocycles. The molecule has 6 heteroatoms. The Hall–Kier alpha value is -1.30. The van der Waals surface area contributed by atoms with Crippen molar-refractivity contribution in [2.24, 2.45) is 0 Å². The third kappa shape index (κ3) is 0.918. The van der Waals surface area contributed by atoms with Crippen molar-refractivity contribution in [2.45, 2.75) is 0 Å². The average molecular weight is 230 g/mol. The second kappa shape index (κ2) is 2.34. The second-order valence-corrected chi connectivity index (χ2v) is 3.08. The van der Waals surface area contributed by atoms with Crippen molar-refractivity contribution in [1.29, 1.82) is 0 Å². The number of carboxylic acids is 1. The quantitative estimate of drug-likeness (QED) is 0.691. The van der Waals surface area contributed by atoms with Gasteiger partial charge < -0.3 is 10.1 Å². The Kier molecular flexibility index (Phi) is 1.44. The average Bonchev–Trinajstić information content (AvgIpc) is 2.53. The molecule has 0 saturated carbocycles. The highest BCUT2D eigenvalue weighted by Gasteiger charge is 2.11. The van der Waals surface area contributed by atoms with E-state index in [9.17, 15) is 4.79 Å². The predicted octanol–water partition coefficient (Wildman–Crippen LogP) is 1.35. The number of rotatable bonds is 1. The molecule has 0 atom stereocenters. The van der Waals surface area contributed by atoms with Crippen LogP contribution >= 0.6 is 15.9 Å². The minimum atomic E-state index is -0.986. The minimum absolute atomic E-state index is 0.141. The fourth-order valence-corrected chi connectivity index (χ4v) is 1.37. The summed E-state index contributed by atoms with van der Waals surface area (Å²) in [5, 5.41) is 15.1. The fourth-order valence-electron chi connectivity index (χ4n) is 0.980. The second-order valence-electron chi connectivity index (χ2n) is 2.29. The number of fused-ring (bicyclic) bond motifs is 1. The van der Waals surface area contributed by atoms with Crippen molar-refractivity contribution in [2.75, 3.05) is 0 Å². The van der Waals surface area contributed by atoms with E-state index in [0.717, 1.165) is 0 Å². The fraction of sp³-hybridized carbons (Fsp3) is 0. The van der Waals surface area contributed by atoms with Crippen molar-refractivity contribution in [3.05, 3.63) is 16.4 Å². The molecule has 2 aromatic rings. The summed E-state index contributed by atoms with van der Waals surface area (Å²) in [6.07, 6.45) is 0. The van der Waals surface area contributed by atoms with E-state index in [1.807, 2.05) is 0 Å². The van der Waals surface area contributed by atoms with Gasteiger partial charge in [0, 0.05) is 0 Å². The molecule has 0 unspecified atom stereocenters. The van der Waals surface area contributed by atoms with Gasteiger partial charge >= 0.3 is 5.97 Å². The van der Waals surface area contributed by atoms with Crippen LogP contribution in [0.4, 0.5) is 0 Å². The number of aromatic nitrogens is 3. The first kappa shape index (κ1) is 7.35. The summed E-state index contributed by atoms with van der Waals surface area (Å²) in [5.41, 5.74) is 1.42. The lowest BCUT2D eigenvalue weighted by Gasteiger charge is -1.84. The molecule has 0 aliphatic rings. The number of aromatic carboxylic acids is 1. The molecule has 0 aliphatic heterocycles. The largest absolute Gasteiger partial charge is 0.477 e. The normalized spacial score (nSPS) is 10.8. The summed E-state index contributed by atoms with van der Waals surface area (Å²) in [7, 11) is 0. The van der Waals surface area contributed by atoms with Gasteiger partial charge in [-0.3, -0.25) is 5.10 Å². The van der Waals surface area contributed by atoms with Crippen molar-refractivity contribution in [3.8, 4) is 0 Å². The van der Waals surface area contributed by atoms with Crippen LogP contribution in [-0.2, 0) is 0 Å². The van der Waals surface area contributed by atoms with Gasteiger partial charge in [0.25, 0.3) is 0 Å². The molecule has 3 N–H and O–H groups in total. The third-order valence-corrected chi connectivity index (χ3v) is 2.10. The number of carboxylic acid groups (broad SMARTS) is 1. The first-order valence-electron chi connectivity index (χ1n) is 3.14. The molecule has 62 valence electrons. The van der Waals surface area contributed by atoms with Crippen LogP contribution in [0.3, 0.4) is 0 Å². The van der Waals surface area contributed by atoms with E-state index in [1.54, 1.807) is 0 Å². The monoisotopic (exact) mass is 229 g/mol. The minimum Gasteiger partial charge on any atom is -0.477 e. The van der Waals surface area contributed by atoms with Crippen LogP contribution in [0.1, 0.15) is 10.5 Å². The zero-order chi connectivity index (χ0) is 8.72. The molecule has 0 radical (unpaired) electrons. The van der Waals surface area contributed by atoms with Crippen molar-refractivity contribution in [3.63, 3.8) is 0 Å². The van der Waals surface area contributed by atoms with Gasteiger partial charge in [-0.05, 0) is 22.0 Å². The summed E-state index contributed by atoms with van der Waals surface area (Å²) in [6, 6.07) is 1.47. The summed E-state index contributed by atoms with van der Waals surface area (Å²) in [5.74, 6) is -0.986. The highest BCUT2D eigenvalue weighted by atomic mass is 79.9. The first-order chi connectivity index (χ1) is 5.68. The molecular formula is C6H4BrN3O2. The molecular weight excluding hydrogens is 226 g/mol. The summed E-state index contributed by atoms with van der Waals surface area (Å²) < 4.78 is 0.657. The Balaban J connectivity index is 2.70. The van der Waals surface area contributed by atoms with Gasteiger partial charge in [-0.2, -0.15) is 5.10 Å². The van der Waals surface area contributed by atoms with Crippen molar-refractivity contribution in [1.82, 2.24) is 15.2 Å². The Morgan fingerprint density at radius 1 is 1.67 bits per heavy atom. The molecule has 2 heterocycles. The molecule has 2 aromatic heterocycles. The van der Waals surface area contributed by atoms with Crippen LogP contribution in [0.2, 0.25) is 0 Å². The highest BCUT2D eigenvalue weighted by Crippen LogP contribution is 2.20. The van der Waals surface area contributed by atoms with E-state index in [4.69, 9.17) is 5.11 Å². The Morgan fingerprint density at radius 3 is 3.00 bits per heavy atom. The zero-order valence-electron chi connectivity index (χ0n) is 5.76. The lowest BCUT2D eigenvalue weighted by Crippen LogP contribution is -1.95. The van der Waals surface area contributed by atoms with Crippen LogP contribution in [0.15, 0.2) is 10.7 Å². The maximum Gasteiger partial charge on any atom is 0.352 e. The van der Waals surface area contributed by atoms with E-state index in [1.165, 1.54) is 6.07 Å². The predicted molar refractivity (Wildman–Crippen MR) is 45.1 cm³/mol. The number of aromatic amines is 2. The van der Waals surface area contributed by atoms with E-state index >= 15 is 0 Å². The maximum atomic E-state index is 10.5. The lowest BCUT2D eigenvalue weighted by molar-refractivity contribution is 0.0691. The molecule has 0 amide bonds. The number of nitrogens with zero attached hydrogens (tertiary/aromatic N) is 1. The van der Waals surface area contributed by atoms with Gasteiger partial charge in [-0.1, -0.05) is 0 Å². The standard InChI is InChI=1S/C6H4BrN3O2/c7-5-4-2(9-10-5)1-3(8-4)6(11)12/h1,8H,(H,9,10)(H,11,12). The smallest absolute Gasteiger partial charge is 0.352 e. The highest BCUT2D eigenvalue weighted by molar-refractivity contribution is 9.10. The number of halogens is 1. The van der Waals surface area contributed by atoms with Crippen LogP contribution < -0.4 is 0 Å². The van der Waals surface area contributed by atoms with Gasteiger partial charge in [-0.15, -0.1) is 0 Å². The third-order valence-electron chi connectivity index (χ3n) is 1.52. The SMILES string of the molecule is O=C(O)c1cc2n[nH]c(Br)c2[nH]1. The first-order valence-corrected chi connectivity index (χ1v) is 3.93. The number of hydrogen-bond donors (Lipinski definition) is 3. The molecule has 0 aliphatic carbocycles. The van der Waals surface area contributed by atoms with E-state index < -0.39 is 5.97 Å². The van der Waals surface area contributed by atoms with Crippen LogP contribution in [-0.4, -0.2) is 26.3 Å². The zero-order valence-corrected chi connectivity index (χ0v) is 7.34.